The summed E-state index contributed by atoms with van der Waals surface area (Å²) in [5, 5.41) is 0. The second kappa shape index (κ2) is 6.86. The summed E-state index contributed by atoms with van der Waals surface area (Å²) in [5.41, 5.74) is 4.95. The normalized spacial score (nSPS) is 20.1. The highest BCUT2D eigenvalue weighted by atomic mass is 16.2. The highest BCUT2D eigenvalue weighted by molar-refractivity contribution is 5.78. The summed E-state index contributed by atoms with van der Waals surface area (Å²) in [6, 6.07) is 8.80. The molecule has 0 radical (unpaired) electrons. The molecule has 2 rings (SSSR count). The zero-order chi connectivity index (χ0) is 14.5. The number of hydrogen-bond acceptors (Lipinski definition) is 3. The molecule has 20 heavy (non-hydrogen) atoms. The van der Waals surface area contributed by atoms with Crippen LogP contribution in [0.3, 0.4) is 0 Å². The smallest absolute Gasteiger partial charge is 0.238 e. The number of nitrogens with zero attached hydrogens (tertiary/aromatic N) is 1. The summed E-state index contributed by atoms with van der Waals surface area (Å²) in [7, 11) is 0. The number of rotatable bonds is 4. The third-order valence-corrected chi connectivity index (χ3v) is 4.07. The number of benzene rings is 1. The van der Waals surface area contributed by atoms with Gasteiger partial charge in [0.15, 0.2) is 0 Å². The third-order valence-electron chi connectivity index (χ3n) is 4.07. The van der Waals surface area contributed by atoms with Crippen LogP contribution in [0.25, 0.3) is 0 Å². The van der Waals surface area contributed by atoms with Gasteiger partial charge in [-0.1, -0.05) is 38.1 Å². The van der Waals surface area contributed by atoms with Crippen LogP contribution in [-0.2, 0) is 11.3 Å². The molecule has 0 unspecified atom stereocenters. The molecule has 1 amide bonds. The Bertz CT molecular complexity index is 442. The van der Waals surface area contributed by atoms with Crippen molar-refractivity contribution in [1.82, 2.24) is 10.3 Å². The van der Waals surface area contributed by atoms with Crippen LogP contribution in [0.1, 0.15) is 43.7 Å². The molecule has 1 atom stereocenters. The van der Waals surface area contributed by atoms with Gasteiger partial charge >= 0.3 is 0 Å². The lowest BCUT2D eigenvalue weighted by Gasteiger charge is -2.31. The van der Waals surface area contributed by atoms with Crippen molar-refractivity contribution in [3.8, 4) is 0 Å². The largest absolute Gasteiger partial charge is 0.298 e. The molecule has 1 aliphatic heterocycles. The average Bonchev–Trinajstić information content (AvgIpc) is 2.47. The SMILES string of the molecule is CC(C)c1ccc(CN2CCC[C@H](C(=O)NN)C2)cc1. The monoisotopic (exact) mass is 275 g/mol. The zero-order valence-corrected chi connectivity index (χ0v) is 12.4. The van der Waals surface area contributed by atoms with Gasteiger partial charge in [-0.3, -0.25) is 15.1 Å². The Morgan fingerprint density at radius 2 is 2.10 bits per heavy atom. The van der Waals surface area contributed by atoms with Crippen molar-refractivity contribution in [1.29, 1.82) is 0 Å². The fourth-order valence-electron chi connectivity index (χ4n) is 2.80. The predicted octanol–water partition coefficient (Wildman–Crippen LogP) is 2.01. The van der Waals surface area contributed by atoms with E-state index in [1.807, 2.05) is 0 Å². The molecule has 110 valence electrons. The van der Waals surface area contributed by atoms with Gasteiger partial charge < -0.3 is 0 Å². The highest BCUT2D eigenvalue weighted by Crippen LogP contribution is 2.20. The minimum Gasteiger partial charge on any atom is -0.298 e. The van der Waals surface area contributed by atoms with Crippen molar-refractivity contribution in [2.24, 2.45) is 11.8 Å². The van der Waals surface area contributed by atoms with E-state index in [2.05, 4.69) is 48.4 Å². The number of hydrogen-bond donors (Lipinski definition) is 2. The van der Waals surface area contributed by atoms with Crippen molar-refractivity contribution < 1.29 is 4.79 Å². The fraction of sp³-hybridized carbons (Fsp3) is 0.562. The molecule has 1 saturated heterocycles. The molecule has 0 saturated carbocycles. The van der Waals surface area contributed by atoms with Crippen LogP contribution in [0, 0.1) is 5.92 Å². The Labute approximate surface area is 121 Å². The molecule has 1 fully saturated rings. The Morgan fingerprint density at radius 1 is 1.40 bits per heavy atom. The summed E-state index contributed by atoms with van der Waals surface area (Å²) in [6.07, 6.45) is 1.99. The number of amides is 1. The van der Waals surface area contributed by atoms with E-state index in [1.54, 1.807) is 0 Å². The van der Waals surface area contributed by atoms with E-state index in [4.69, 9.17) is 5.84 Å². The van der Waals surface area contributed by atoms with Crippen molar-refractivity contribution in [2.45, 2.75) is 39.2 Å². The second-order valence-electron chi connectivity index (χ2n) is 5.98. The van der Waals surface area contributed by atoms with Crippen LogP contribution in [0.15, 0.2) is 24.3 Å². The number of carbonyl (C=O) groups excluding carboxylic acids is 1. The second-order valence-corrected chi connectivity index (χ2v) is 5.98. The summed E-state index contributed by atoms with van der Waals surface area (Å²) in [5.74, 6) is 5.79. The maximum absolute atomic E-state index is 11.6. The molecule has 1 aliphatic rings. The van der Waals surface area contributed by atoms with Gasteiger partial charge in [-0.2, -0.15) is 0 Å². The van der Waals surface area contributed by atoms with Gasteiger partial charge in [-0.25, -0.2) is 5.84 Å². The summed E-state index contributed by atoms with van der Waals surface area (Å²) in [6.45, 7) is 7.17. The summed E-state index contributed by atoms with van der Waals surface area (Å²) >= 11 is 0. The number of hydrazine groups is 1. The minimum absolute atomic E-state index is 0.0312. The molecule has 3 N–H and O–H groups in total. The Kier molecular flexibility index (Phi) is 5.15. The first-order chi connectivity index (χ1) is 9.60. The van der Waals surface area contributed by atoms with Crippen molar-refractivity contribution >= 4 is 5.91 Å². The first kappa shape index (κ1) is 15.0. The Morgan fingerprint density at radius 3 is 2.70 bits per heavy atom. The quantitative estimate of drug-likeness (QED) is 0.502. The molecule has 1 heterocycles. The molecule has 0 aliphatic carbocycles. The summed E-state index contributed by atoms with van der Waals surface area (Å²) in [4.78, 5) is 14.0. The van der Waals surface area contributed by atoms with E-state index in [9.17, 15) is 4.79 Å². The summed E-state index contributed by atoms with van der Waals surface area (Å²) < 4.78 is 0. The van der Waals surface area contributed by atoms with E-state index in [0.717, 1.165) is 32.5 Å². The average molecular weight is 275 g/mol. The van der Waals surface area contributed by atoms with Gasteiger partial charge in [0.1, 0.15) is 0 Å². The Balaban J connectivity index is 1.94. The lowest BCUT2D eigenvalue weighted by Crippen LogP contribution is -2.44. The molecular formula is C16H25N3O. The number of nitrogens with two attached hydrogens (primary N) is 1. The molecule has 4 heteroatoms. The first-order valence-corrected chi connectivity index (χ1v) is 7.41. The number of nitrogens with one attached hydrogen (secondary N) is 1. The standard InChI is InChI=1S/C16H25N3O/c1-12(2)14-7-5-13(6-8-14)10-19-9-3-4-15(11-19)16(20)18-17/h5-8,12,15H,3-4,9-11,17H2,1-2H3,(H,18,20)/t15-/m0/s1. The maximum atomic E-state index is 11.6. The van der Waals surface area contributed by atoms with E-state index >= 15 is 0 Å². The maximum Gasteiger partial charge on any atom is 0.238 e. The van der Waals surface area contributed by atoms with Gasteiger partial charge in [-0.15, -0.1) is 0 Å². The van der Waals surface area contributed by atoms with Crippen LogP contribution in [0.2, 0.25) is 0 Å². The molecule has 0 bridgehead atoms. The van der Waals surface area contributed by atoms with Crippen molar-refractivity contribution in [2.75, 3.05) is 13.1 Å². The number of carbonyl (C=O) groups is 1. The van der Waals surface area contributed by atoms with Crippen LogP contribution >= 0.6 is 0 Å². The third kappa shape index (κ3) is 3.81. The van der Waals surface area contributed by atoms with E-state index < -0.39 is 0 Å². The number of piperidine rings is 1. The van der Waals surface area contributed by atoms with Gasteiger partial charge in [-0.05, 0) is 36.4 Å². The van der Waals surface area contributed by atoms with Crippen LogP contribution in [0.4, 0.5) is 0 Å². The van der Waals surface area contributed by atoms with Gasteiger partial charge in [0.2, 0.25) is 5.91 Å². The molecule has 1 aromatic carbocycles. The van der Waals surface area contributed by atoms with E-state index in [0.29, 0.717) is 5.92 Å². The lowest BCUT2D eigenvalue weighted by molar-refractivity contribution is -0.126. The zero-order valence-electron chi connectivity index (χ0n) is 12.4. The highest BCUT2D eigenvalue weighted by Gasteiger charge is 2.25. The number of likely N-dealkylation sites (tertiary alicyclic amines) is 1. The van der Waals surface area contributed by atoms with E-state index in [1.165, 1.54) is 11.1 Å². The van der Waals surface area contributed by atoms with Crippen LogP contribution < -0.4 is 11.3 Å². The van der Waals surface area contributed by atoms with Gasteiger partial charge in [0.05, 0.1) is 5.92 Å². The topological polar surface area (TPSA) is 58.4 Å². The van der Waals surface area contributed by atoms with Crippen LogP contribution in [-0.4, -0.2) is 23.9 Å². The van der Waals surface area contributed by atoms with E-state index in [-0.39, 0.29) is 11.8 Å². The lowest BCUT2D eigenvalue weighted by atomic mass is 9.96. The fourth-order valence-corrected chi connectivity index (χ4v) is 2.80. The van der Waals surface area contributed by atoms with Crippen molar-refractivity contribution in [3.63, 3.8) is 0 Å². The Hall–Kier alpha value is -1.39. The minimum atomic E-state index is -0.0372. The molecule has 1 aromatic rings. The predicted molar refractivity (Wildman–Crippen MR) is 80.9 cm³/mol. The van der Waals surface area contributed by atoms with Crippen molar-refractivity contribution in [3.05, 3.63) is 35.4 Å². The van der Waals surface area contributed by atoms with Gasteiger partial charge in [0.25, 0.3) is 0 Å². The van der Waals surface area contributed by atoms with Crippen LogP contribution in [0.5, 0.6) is 0 Å². The molecule has 4 nitrogen and oxygen atoms in total. The first-order valence-electron chi connectivity index (χ1n) is 7.41. The molecule has 0 spiro atoms. The molecular weight excluding hydrogens is 250 g/mol. The molecule has 0 aromatic heterocycles. The van der Waals surface area contributed by atoms with Gasteiger partial charge in [0, 0.05) is 13.1 Å².